The van der Waals surface area contributed by atoms with E-state index in [0.717, 1.165) is 37.9 Å². The second-order valence-electron chi connectivity index (χ2n) is 7.56. The normalized spacial score (nSPS) is 26.2. The van der Waals surface area contributed by atoms with Crippen LogP contribution in [0.1, 0.15) is 48.0 Å². The number of hydrazine groups is 1. The van der Waals surface area contributed by atoms with E-state index in [1.807, 2.05) is 15.8 Å². The molecule has 0 bridgehead atoms. The molecule has 3 heterocycles. The fourth-order valence-corrected chi connectivity index (χ4v) is 4.12. The zero-order valence-corrected chi connectivity index (χ0v) is 15.5. The Labute approximate surface area is 154 Å². The van der Waals surface area contributed by atoms with Gasteiger partial charge < -0.3 is 4.90 Å². The van der Waals surface area contributed by atoms with Gasteiger partial charge in [0.1, 0.15) is 6.04 Å². The van der Waals surface area contributed by atoms with Gasteiger partial charge in [-0.1, -0.05) is 24.3 Å². The average molecular weight is 353 g/mol. The summed E-state index contributed by atoms with van der Waals surface area (Å²) in [4.78, 5) is 15.0. The number of benzene rings is 1. The Balaban J connectivity index is 1.41. The third-order valence-electron chi connectivity index (χ3n) is 5.58. The van der Waals surface area contributed by atoms with Crippen LogP contribution in [-0.2, 0) is 4.79 Å². The molecule has 2 fully saturated rings. The zero-order chi connectivity index (χ0) is 18.1. The third kappa shape index (κ3) is 3.39. The molecule has 2 saturated heterocycles. The number of nitrogens with zero attached hydrogens (tertiary/aromatic N) is 3. The molecule has 0 aliphatic carbocycles. The maximum atomic E-state index is 13.0. The number of piperidine rings is 1. The Morgan fingerprint density at radius 3 is 2.85 bits per heavy atom. The number of aromatic nitrogens is 2. The van der Waals surface area contributed by atoms with Crippen molar-refractivity contribution in [3.05, 3.63) is 53.3 Å². The van der Waals surface area contributed by atoms with Crippen molar-refractivity contribution in [2.24, 2.45) is 0 Å². The lowest BCUT2D eigenvalue weighted by molar-refractivity contribution is -0.134. The molecule has 1 amide bonds. The molecule has 6 nitrogen and oxygen atoms in total. The van der Waals surface area contributed by atoms with Crippen LogP contribution >= 0.6 is 0 Å². The molecule has 0 radical (unpaired) electrons. The molecule has 3 unspecified atom stereocenters. The van der Waals surface area contributed by atoms with E-state index in [1.54, 1.807) is 0 Å². The summed E-state index contributed by atoms with van der Waals surface area (Å²) in [5, 5.41) is 4.44. The van der Waals surface area contributed by atoms with Crippen LogP contribution in [0.15, 0.2) is 36.7 Å². The fraction of sp³-hybridized carbons (Fsp3) is 0.500. The molecule has 3 atom stereocenters. The number of aryl methyl sites for hydroxylation is 2. The minimum Gasteiger partial charge on any atom is -0.339 e. The van der Waals surface area contributed by atoms with Crippen LogP contribution in [0.5, 0.6) is 0 Å². The first kappa shape index (κ1) is 17.2. The van der Waals surface area contributed by atoms with E-state index in [9.17, 15) is 4.79 Å². The zero-order valence-electron chi connectivity index (χ0n) is 15.5. The van der Waals surface area contributed by atoms with Crippen molar-refractivity contribution in [2.45, 2.75) is 51.2 Å². The molecular formula is C20H27N5O. The van der Waals surface area contributed by atoms with Crippen LogP contribution in [0, 0.1) is 13.8 Å². The second kappa shape index (κ2) is 7.21. The van der Waals surface area contributed by atoms with Crippen molar-refractivity contribution in [3.63, 3.8) is 0 Å². The molecule has 6 heteroatoms. The fourth-order valence-electron chi connectivity index (χ4n) is 4.12. The average Bonchev–Trinajstić information content (AvgIpc) is 3.31. The van der Waals surface area contributed by atoms with Crippen LogP contribution in [-0.4, -0.2) is 39.7 Å². The Morgan fingerprint density at radius 1 is 1.23 bits per heavy atom. The highest BCUT2D eigenvalue weighted by molar-refractivity contribution is 5.82. The summed E-state index contributed by atoms with van der Waals surface area (Å²) in [6.07, 6.45) is 6.84. The third-order valence-corrected chi connectivity index (χ3v) is 5.58. The number of hydrogen-bond donors (Lipinski definition) is 2. The van der Waals surface area contributed by atoms with Gasteiger partial charge in [0.2, 0.25) is 5.91 Å². The summed E-state index contributed by atoms with van der Waals surface area (Å²) in [6.45, 7) is 5.75. The highest BCUT2D eigenvalue weighted by Gasteiger charge is 2.35. The van der Waals surface area contributed by atoms with E-state index in [1.165, 1.54) is 11.1 Å². The number of carbonyl (C=O) groups is 1. The Bertz CT molecular complexity index is 786. The Kier molecular flexibility index (Phi) is 4.78. The number of nitrogens with one attached hydrogen (secondary N) is 2. The lowest BCUT2D eigenvalue weighted by Gasteiger charge is -2.34. The molecular weight excluding hydrogens is 326 g/mol. The Morgan fingerprint density at radius 2 is 2.08 bits per heavy atom. The van der Waals surface area contributed by atoms with Gasteiger partial charge in [0.05, 0.1) is 12.2 Å². The summed E-state index contributed by atoms with van der Waals surface area (Å²) in [7, 11) is 0. The summed E-state index contributed by atoms with van der Waals surface area (Å²) < 4.78 is 2.02. The maximum absolute atomic E-state index is 13.0. The van der Waals surface area contributed by atoms with E-state index >= 15 is 0 Å². The molecule has 0 spiro atoms. The highest BCUT2D eigenvalue weighted by atomic mass is 16.2. The molecule has 1 aromatic carbocycles. The lowest BCUT2D eigenvalue weighted by atomic mass is 9.97. The highest BCUT2D eigenvalue weighted by Crippen LogP contribution is 2.27. The van der Waals surface area contributed by atoms with Crippen molar-refractivity contribution in [1.82, 2.24) is 25.5 Å². The summed E-state index contributed by atoms with van der Waals surface area (Å²) >= 11 is 0. The number of rotatable bonds is 3. The van der Waals surface area contributed by atoms with Crippen molar-refractivity contribution >= 4 is 5.91 Å². The van der Waals surface area contributed by atoms with Gasteiger partial charge in [0, 0.05) is 25.3 Å². The van der Waals surface area contributed by atoms with Crippen LogP contribution in [0.2, 0.25) is 0 Å². The van der Waals surface area contributed by atoms with Gasteiger partial charge in [-0.25, -0.2) is 10.9 Å². The van der Waals surface area contributed by atoms with Crippen LogP contribution < -0.4 is 10.9 Å². The predicted octanol–water partition coefficient (Wildman–Crippen LogP) is 2.27. The summed E-state index contributed by atoms with van der Waals surface area (Å²) in [6, 6.07) is 8.65. The summed E-state index contributed by atoms with van der Waals surface area (Å²) in [5.41, 5.74) is 10.2. The molecule has 2 N–H and O–H groups in total. The van der Waals surface area contributed by atoms with Crippen molar-refractivity contribution in [1.29, 1.82) is 0 Å². The predicted molar refractivity (Wildman–Crippen MR) is 100 cm³/mol. The second-order valence-corrected chi connectivity index (χ2v) is 7.56. The number of hydrogen-bond acceptors (Lipinski definition) is 4. The van der Waals surface area contributed by atoms with Crippen molar-refractivity contribution in [2.75, 3.05) is 13.1 Å². The lowest BCUT2D eigenvalue weighted by Crippen LogP contribution is -2.49. The molecule has 0 saturated carbocycles. The molecule has 26 heavy (non-hydrogen) atoms. The smallest absolute Gasteiger partial charge is 0.241 e. The molecule has 2 aromatic rings. The summed E-state index contributed by atoms with van der Waals surface area (Å²) in [5.74, 6) is 0.196. The SMILES string of the molecule is Cc1cnn(C2CCCN(C(=O)C3CC(c4ccccc4C)NN3)C2)c1. The first-order valence-corrected chi connectivity index (χ1v) is 9.48. The van der Waals surface area contributed by atoms with Gasteiger partial charge in [-0.3, -0.25) is 9.48 Å². The molecule has 1 aromatic heterocycles. The van der Waals surface area contributed by atoms with Gasteiger partial charge in [-0.05, 0) is 49.8 Å². The number of carbonyl (C=O) groups excluding carboxylic acids is 1. The van der Waals surface area contributed by atoms with Gasteiger partial charge in [0.15, 0.2) is 0 Å². The molecule has 2 aliphatic rings. The van der Waals surface area contributed by atoms with Crippen molar-refractivity contribution < 1.29 is 4.79 Å². The first-order chi connectivity index (χ1) is 12.6. The quantitative estimate of drug-likeness (QED) is 0.889. The maximum Gasteiger partial charge on any atom is 0.241 e. The van der Waals surface area contributed by atoms with Gasteiger partial charge in [-0.2, -0.15) is 5.10 Å². The molecule has 138 valence electrons. The van der Waals surface area contributed by atoms with E-state index in [-0.39, 0.29) is 24.0 Å². The van der Waals surface area contributed by atoms with E-state index in [2.05, 4.69) is 60.3 Å². The van der Waals surface area contributed by atoms with Gasteiger partial charge in [0.25, 0.3) is 0 Å². The van der Waals surface area contributed by atoms with E-state index < -0.39 is 0 Å². The minimum absolute atomic E-state index is 0.169. The van der Waals surface area contributed by atoms with Gasteiger partial charge in [-0.15, -0.1) is 0 Å². The van der Waals surface area contributed by atoms with E-state index in [0.29, 0.717) is 0 Å². The largest absolute Gasteiger partial charge is 0.339 e. The number of amides is 1. The first-order valence-electron chi connectivity index (χ1n) is 9.48. The Hall–Kier alpha value is -2.18. The topological polar surface area (TPSA) is 62.2 Å². The molecule has 2 aliphatic heterocycles. The van der Waals surface area contributed by atoms with Gasteiger partial charge >= 0.3 is 0 Å². The van der Waals surface area contributed by atoms with Crippen molar-refractivity contribution in [3.8, 4) is 0 Å². The van der Waals surface area contributed by atoms with Crippen LogP contribution in [0.25, 0.3) is 0 Å². The molecule has 4 rings (SSSR count). The van der Waals surface area contributed by atoms with E-state index in [4.69, 9.17) is 0 Å². The minimum atomic E-state index is -0.169. The van der Waals surface area contributed by atoms with Crippen LogP contribution in [0.4, 0.5) is 0 Å². The standard InChI is InChI=1S/C20H27N5O/c1-14-11-21-25(12-14)16-7-5-9-24(13-16)20(26)19-10-18(22-23-19)17-8-4-3-6-15(17)2/h3-4,6,8,11-12,16,18-19,22-23H,5,7,9-10,13H2,1-2H3. The van der Waals surface area contributed by atoms with Crippen LogP contribution in [0.3, 0.4) is 0 Å². The monoisotopic (exact) mass is 353 g/mol. The number of likely N-dealkylation sites (tertiary alicyclic amines) is 1.